The molecule has 11 heteroatoms. The van der Waals surface area contributed by atoms with Crippen molar-refractivity contribution in [1.29, 1.82) is 0 Å². The summed E-state index contributed by atoms with van der Waals surface area (Å²) in [5, 5.41) is 6.16. The van der Waals surface area contributed by atoms with Gasteiger partial charge in [-0.2, -0.15) is 5.10 Å². The van der Waals surface area contributed by atoms with E-state index in [4.69, 9.17) is 9.15 Å². The molecule has 37 heavy (non-hydrogen) atoms. The normalized spacial score (nSPS) is 11.2. The molecule has 2 amide bonds. The maximum atomic E-state index is 12.3. The van der Waals surface area contributed by atoms with Crippen molar-refractivity contribution in [2.75, 3.05) is 5.32 Å². The first kappa shape index (κ1) is 25.4. The lowest BCUT2D eigenvalue weighted by Gasteiger charge is -2.07. The smallest absolute Gasteiger partial charge is 0.329 e. The van der Waals surface area contributed by atoms with Crippen LogP contribution in [0.15, 0.2) is 111 Å². The van der Waals surface area contributed by atoms with Crippen molar-refractivity contribution in [3.05, 3.63) is 109 Å². The van der Waals surface area contributed by atoms with E-state index in [0.717, 1.165) is 0 Å². The van der Waals surface area contributed by atoms with Gasteiger partial charge < -0.3 is 14.5 Å². The summed E-state index contributed by atoms with van der Waals surface area (Å²) in [6.07, 6.45) is 1.19. The van der Waals surface area contributed by atoms with Gasteiger partial charge in [-0.15, -0.1) is 0 Å². The number of nitrogens with zero attached hydrogens (tertiary/aromatic N) is 1. The van der Waals surface area contributed by atoms with Gasteiger partial charge in [-0.3, -0.25) is 9.59 Å². The van der Waals surface area contributed by atoms with E-state index in [1.54, 1.807) is 54.6 Å². The van der Waals surface area contributed by atoms with Crippen LogP contribution in [0.3, 0.4) is 0 Å². The zero-order valence-corrected chi connectivity index (χ0v) is 20.1. The number of benzene rings is 3. The number of hydrazone groups is 1. The van der Waals surface area contributed by atoms with Crippen LogP contribution in [0.2, 0.25) is 0 Å². The molecule has 0 saturated heterocycles. The summed E-state index contributed by atoms with van der Waals surface area (Å²) < 4.78 is 38.1. The lowest BCUT2D eigenvalue weighted by molar-refractivity contribution is -0.136. The van der Waals surface area contributed by atoms with Gasteiger partial charge in [-0.05, 0) is 60.7 Å². The first-order valence-corrected chi connectivity index (χ1v) is 12.5. The average molecular weight is 519 g/mol. The van der Waals surface area contributed by atoms with E-state index in [9.17, 15) is 18.0 Å². The average Bonchev–Trinajstić information content (AvgIpc) is 3.37. The summed E-state index contributed by atoms with van der Waals surface area (Å²) in [4.78, 5) is 24.3. The van der Waals surface area contributed by atoms with E-state index in [2.05, 4.69) is 20.6 Å². The molecule has 0 bridgehead atoms. The fraction of sp³-hybridized carbons (Fsp3) is 0.0385. The molecular formula is C26H22N4O6S. The molecule has 0 aliphatic heterocycles. The molecule has 0 aliphatic rings. The van der Waals surface area contributed by atoms with Crippen molar-refractivity contribution >= 4 is 33.7 Å². The van der Waals surface area contributed by atoms with Crippen LogP contribution in [0.5, 0.6) is 11.5 Å². The van der Waals surface area contributed by atoms with Crippen LogP contribution in [0.4, 0.5) is 5.69 Å². The second-order valence-corrected chi connectivity index (χ2v) is 9.30. The number of anilines is 1. The highest BCUT2D eigenvalue weighted by molar-refractivity contribution is 7.89. The minimum atomic E-state index is -3.68. The molecule has 10 nitrogen and oxygen atoms in total. The maximum absolute atomic E-state index is 12.3. The van der Waals surface area contributed by atoms with Gasteiger partial charge in [0.15, 0.2) is 0 Å². The second-order valence-electron chi connectivity index (χ2n) is 7.53. The summed E-state index contributed by atoms with van der Waals surface area (Å²) in [5.41, 5.74) is 2.51. The van der Waals surface area contributed by atoms with Crippen LogP contribution >= 0.6 is 0 Å². The number of carbonyl (C=O) groups is 2. The summed E-state index contributed by atoms with van der Waals surface area (Å²) >= 11 is 0. The molecule has 3 aromatic carbocycles. The number of amides is 2. The fourth-order valence-electron chi connectivity index (χ4n) is 3.03. The highest BCUT2D eigenvalue weighted by Gasteiger charge is 2.15. The van der Waals surface area contributed by atoms with Crippen molar-refractivity contribution in [2.45, 2.75) is 11.4 Å². The molecule has 0 aliphatic carbocycles. The zero-order chi connectivity index (χ0) is 26.1. The Hall–Kier alpha value is -4.74. The van der Waals surface area contributed by atoms with Gasteiger partial charge in [0.2, 0.25) is 10.0 Å². The predicted molar refractivity (Wildman–Crippen MR) is 136 cm³/mol. The Labute approximate surface area is 213 Å². The molecule has 0 unspecified atom stereocenters. The molecule has 0 fully saturated rings. The highest BCUT2D eigenvalue weighted by Crippen LogP contribution is 2.22. The van der Waals surface area contributed by atoms with Crippen LogP contribution in [-0.2, 0) is 26.2 Å². The van der Waals surface area contributed by atoms with Crippen LogP contribution in [-0.4, -0.2) is 26.4 Å². The van der Waals surface area contributed by atoms with Gasteiger partial charge in [0.05, 0.1) is 17.7 Å². The third-order valence-corrected chi connectivity index (χ3v) is 6.24. The van der Waals surface area contributed by atoms with E-state index in [-0.39, 0.29) is 17.2 Å². The van der Waals surface area contributed by atoms with Crippen molar-refractivity contribution in [2.24, 2.45) is 5.10 Å². The number of nitrogens with one attached hydrogen (secondary N) is 3. The monoisotopic (exact) mass is 518 g/mol. The minimum Gasteiger partial charge on any atom is -0.459 e. The highest BCUT2D eigenvalue weighted by atomic mass is 32.2. The standard InChI is InChI=1S/C26H22N4O6S/c31-25(29-19-11-13-21(14-12-19)35-20-7-3-1-4-8-20)26(32)30-27-17-22-15-16-23(36-22)18-28-37(33,34)24-9-5-2-6-10-24/h1-17,28H,18H2,(H,29,31)(H,30,32)/b27-17+. The molecule has 1 heterocycles. The van der Waals surface area contributed by atoms with Crippen LogP contribution < -0.4 is 20.2 Å². The number of hydrogen-bond donors (Lipinski definition) is 3. The minimum absolute atomic E-state index is 0.0744. The first-order valence-electron chi connectivity index (χ1n) is 11.0. The summed E-state index contributed by atoms with van der Waals surface area (Å²) in [6, 6.07) is 26.8. The third kappa shape index (κ3) is 7.37. The molecule has 0 radical (unpaired) electrons. The van der Waals surface area contributed by atoms with Gasteiger partial charge in [-0.25, -0.2) is 18.6 Å². The van der Waals surface area contributed by atoms with Gasteiger partial charge in [0.1, 0.15) is 23.0 Å². The topological polar surface area (TPSA) is 139 Å². The predicted octanol–water partition coefficient (Wildman–Crippen LogP) is 3.64. The number of rotatable bonds is 9. The zero-order valence-electron chi connectivity index (χ0n) is 19.3. The maximum Gasteiger partial charge on any atom is 0.329 e. The molecule has 1 aromatic heterocycles. The van der Waals surface area contributed by atoms with Crippen LogP contribution in [0.1, 0.15) is 11.5 Å². The molecular weight excluding hydrogens is 496 g/mol. The Kier molecular flexibility index (Phi) is 8.08. The van der Waals surface area contributed by atoms with Gasteiger partial charge in [-0.1, -0.05) is 36.4 Å². The summed E-state index contributed by atoms with van der Waals surface area (Å²) in [7, 11) is -3.68. The van der Waals surface area contributed by atoms with Gasteiger partial charge >= 0.3 is 11.8 Å². The van der Waals surface area contributed by atoms with Crippen LogP contribution in [0, 0.1) is 0 Å². The Morgan fingerprint density at radius 3 is 2.16 bits per heavy atom. The van der Waals surface area contributed by atoms with Crippen LogP contribution in [0.25, 0.3) is 0 Å². The summed E-state index contributed by atoms with van der Waals surface area (Å²) in [6.45, 7) is -0.0744. The van der Waals surface area contributed by atoms with E-state index < -0.39 is 21.8 Å². The Morgan fingerprint density at radius 1 is 0.811 bits per heavy atom. The van der Waals surface area contributed by atoms with E-state index in [1.807, 2.05) is 30.3 Å². The Bertz CT molecular complexity index is 1490. The SMILES string of the molecule is O=C(N/N=C/c1ccc(CNS(=O)(=O)c2ccccc2)o1)C(=O)Nc1ccc(Oc2ccccc2)cc1. The largest absolute Gasteiger partial charge is 0.459 e. The Morgan fingerprint density at radius 2 is 1.46 bits per heavy atom. The number of para-hydroxylation sites is 1. The van der Waals surface area contributed by atoms with E-state index >= 15 is 0 Å². The van der Waals surface area contributed by atoms with E-state index in [0.29, 0.717) is 22.9 Å². The first-order chi connectivity index (χ1) is 17.9. The number of furan rings is 1. The third-order valence-electron chi connectivity index (χ3n) is 4.83. The fourth-order valence-corrected chi connectivity index (χ4v) is 4.05. The lowest BCUT2D eigenvalue weighted by atomic mass is 10.3. The molecule has 0 atom stereocenters. The molecule has 0 saturated carbocycles. The molecule has 3 N–H and O–H groups in total. The summed E-state index contributed by atoms with van der Waals surface area (Å²) in [5.74, 6) is -0.0569. The van der Waals surface area contributed by atoms with Crippen molar-refractivity contribution in [1.82, 2.24) is 10.1 Å². The second kappa shape index (κ2) is 11.8. The van der Waals surface area contributed by atoms with Gasteiger partial charge in [0.25, 0.3) is 0 Å². The number of ether oxygens (including phenoxy) is 1. The van der Waals surface area contributed by atoms with Gasteiger partial charge in [0, 0.05) is 5.69 Å². The number of carbonyl (C=O) groups excluding carboxylic acids is 2. The molecule has 0 spiro atoms. The molecule has 188 valence electrons. The molecule has 4 aromatic rings. The number of hydrogen-bond acceptors (Lipinski definition) is 7. The lowest BCUT2D eigenvalue weighted by Crippen LogP contribution is -2.32. The number of sulfonamides is 1. The van der Waals surface area contributed by atoms with Crippen molar-refractivity contribution < 1.29 is 27.2 Å². The van der Waals surface area contributed by atoms with Crippen molar-refractivity contribution in [3.8, 4) is 11.5 Å². The quantitative estimate of drug-likeness (QED) is 0.176. The Balaban J connectivity index is 1.23. The van der Waals surface area contributed by atoms with Crippen molar-refractivity contribution in [3.63, 3.8) is 0 Å². The molecule has 4 rings (SSSR count). The van der Waals surface area contributed by atoms with E-state index in [1.165, 1.54) is 18.3 Å².